The lowest BCUT2D eigenvalue weighted by atomic mass is 10.1. The zero-order chi connectivity index (χ0) is 27.3. The summed E-state index contributed by atoms with van der Waals surface area (Å²) in [4.78, 5) is 28.3. The zero-order valence-corrected chi connectivity index (χ0v) is 23.6. The van der Waals surface area contributed by atoms with Gasteiger partial charge in [0, 0.05) is 28.2 Å². The van der Waals surface area contributed by atoms with Crippen molar-refractivity contribution in [2.45, 2.75) is 57.7 Å². The smallest absolute Gasteiger partial charge is 0.244 e. The first-order valence-corrected chi connectivity index (χ1v) is 14.9. The summed E-state index contributed by atoms with van der Waals surface area (Å²) in [7, 11) is -3.98. The molecule has 0 unspecified atom stereocenters. The monoisotopic (exact) mass is 591 g/mol. The summed E-state index contributed by atoms with van der Waals surface area (Å²) in [6, 6.07) is 7.39. The fraction of sp³-hybridized carbons (Fsp3) is 0.440. The van der Waals surface area contributed by atoms with Crippen molar-refractivity contribution in [1.82, 2.24) is 10.2 Å². The van der Waals surface area contributed by atoms with Gasteiger partial charge in [-0.1, -0.05) is 60.6 Å². The Balaban J connectivity index is 1.98. The van der Waals surface area contributed by atoms with Crippen LogP contribution in [-0.2, 0) is 26.2 Å². The molecule has 0 spiro atoms. The van der Waals surface area contributed by atoms with E-state index in [1.165, 1.54) is 11.0 Å². The molecule has 2 aromatic carbocycles. The Morgan fingerprint density at radius 3 is 2.24 bits per heavy atom. The van der Waals surface area contributed by atoms with Crippen LogP contribution in [0.5, 0.6) is 0 Å². The van der Waals surface area contributed by atoms with Crippen LogP contribution in [0.4, 0.5) is 10.1 Å². The number of halogens is 4. The number of nitrogens with one attached hydrogen (secondary N) is 1. The van der Waals surface area contributed by atoms with Crippen molar-refractivity contribution in [1.29, 1.82) is 0 Å². The Morgan fingerprint density at radius 1 is 1.08 bits per heavy atom. The summed E-state index contributed by atoms with van der Waals surface area (Å²) < 4.78 is 39.9. The average molecular weight is 593 g/mol. The number of nitrogens with zero attached hydrogens (tertiary/aromatic N) is 2. The number of sulfonamides is 1. The molecule has 0 radical (unpaired) electrons. The molecular formula is C25H29Cl3FN3O4S. The first-order valence-electron chi connectivity index (χ1n) is 11.9. The first kappa shape index (κ1) is 29.5. The van der Waals surface area contributed by atoms with Gasteiger partial charge in [-0.3, -0.25) is 13.9 Å². The third kappa shape index (κ3) is 7.50. The van der Waals surface area contributed by atoms with E-state index < -0.39 is 34.3 Å². The molecule has 0 bridgehead atoms. The Labute approximate surface area is 231 Å². The lowest BCUT2D eigenvalue weighted by molar-refractivity contribution is -0.140. The number of carbonyl (C=O) groups excluding carboxylic acids is 2. The van der Waals surface area contributed by atoms with Crippen LogP contribution in [-0.4, -0.2) is 50.0 Å². The van der Waals surface area contributed by atoms with Crippen LogP contribution in [0.15, 0.2) is 36.4 Å². The number of amides is 2. The van der Waals surface area contributed by atoms with E-state index in [1.54, 1.807) is 25.1 Å². The van der Waals surface area contributed by atoms with E-state index in [1.807, 2.05) is 0 Å². The molecule has 7 nitrogen and oxygen atoms in total. The van der Waals surface area contributed by atoms with E-state index >= 15 is 0 Å². The molecule has 1 aliphatic rings. The Kier molecular flexibility index (Phi) is 10.1. The molecule has 0 heterocycles. The summed E-state index contributed by atoms with van der Waals surface area (Å²) in [6.45, 7) is 1.01. The van der Waals surface area contributed by atoms with Gasteiger partial charge in [0.15, 0.2) is 0 Å². The third-order valence-corrected chi connectivity index (χ3v) is 8.49. The van der Waals surface area contributed by atoms with Gasteiger partial charge in [-0.05, 0) is 49.6 Å². The van der Waals surface area contributed by atoms with E-state index in [0.29, 0.717) is 15.6 Å². The quantitative estimate of drug-likeness (QED) is 0.399. The Morgan fingerprint density at radius 2 is 1.70 bits per heavy atom. The Bertz CT molecular complexity index is 1240. The zero-order valence-electron chi connectivity index (χ0n) is 20.5. The summed E-state index contributed by atoms with van der Waals surface area (Å²) in [6.07, 6.45) is 4.95. The first-order chi connectivity index (χ1) is 17.4. The minimum Gasteiger partial charge on any atom is -0.352 e. The average Bonchev–Trinajstić information content (AvgIpc) is 3.33. The molecule has 2 amide bonds. The minimum atomic E-state index is -3.98. The molecule has 0 aliphatic heterocycles. The molecule has 2 aromatic rings. The minimum absolute atomic E-state index is 0.0152. The van der Waals surface area contributed by atoms with Gasteiger partial charge in [0.05, 0.1) is 17.0 Å². The summed E-state index contributed by atoms with van der Waals surface area (Å²) in [5.41, 5.74) is 0.448. The largest absolute Gasteiger partial charge is 0.352 e. The lowest BCUT2D eigenvalue weighted by Gasteiger charge is -2.33. The molecule has 1 saturated carbocycles. The van der Waals surface area contributed by atoms with Gasteiger partial charge >= 0.3 is 0 Å². The van der Waals surface area contributed by atoms with Gasteiger partial charge in [-0.25, -0.2) is 12.8 Å². The number of anilines is 1. The van der Waals surface area contributed by atoms with Crippen LogP contribution >= 0.6 is 34.8 Å². The second kappa shape index (κ2) is 12.7. The maximum absolute atomic E-state index is 13.7. The number of hydrogen-bond donors (Lipinski definition) is 1. The van der Waals surface area contributed by atoms with Gasteiger partial charge in [0.2, 0.25) is 21.8 Å². The predicted molar refractivity (Wildman–Crippen MR) is 145 cm³/mol. The van der Waals surface area contributed by atoms with Crippen LogP contribution in [0.2, 0.25) is 15.1 Å². The highest BCUT2D eigenvalue weighted by Gasteiger charge is 2.33. The molecule has 3 rings (SSSR count). The number of rotatable bonds is 10. The van der Waals surface area contributed by atoms with Crippen molar-refractivity contribution < 1.29 is 22.4 Å². The molecule has 1 fully saturated rings. The molecule has 0 saturated heterocycles. The summed E-state index contributed by atoms with van der Waals surface area (Å²) >= 11 is 18.6. The van der Waals surface area contributed by atoms with E-state index in [9.17, 15) is 22.4 Å². The second-order valence-corrected chi connectivity index (χ2v) is 12.1. The van der Waals surface area contributed by atoms with Gasteiger partial charge in [-0.2, -0.15) is 0 Å². The topological polar surface area (TPSA) is 86.8 Å². The van der Waals surface area contributed by atoms with E-state index in [4.69, 9.17) is 34.8 Å². The number of benzene rings is 2. The van der Waals surface area contributed by atoms with Gasteiger partial charge in [0.25, 0.3) is 0 Å². The maximum atomic E-state index is 13.7. The second-order valence-electron chi connectivity index (χ2n) is 9.00. The lowest BCUT2D eigenvalue weighted by Crippen LogP contribution is -2.53. The van der Waals surface area contributed by atoms with Gasteiger partial charge in [-0.15, -0.1) is 0 Å². The summed E-state index contributed by atoms with van der Waals surface area (Å²) in [5.74, 6) is -1.72. The molecule has 202 valence electrons. The highest BCUT2D eigenvalue weighted by atomic mass is 35.5. The standard InChI is InChI=1S/C25H29Cl3FN3O4S/c1-3-23(25(34)30-16-7-4-5-8-16)31(14-18-19(26)9-6-10-20(18)27)24(33)15-32(37(2,35)36)17-11-12-22(29)21(28)13-17/h6,9-13,16,23H,3-5,7-8,14-15H2,1-2H3,(H,30,34)/t23-/m0/s1. The van der Waals surface area contributed by atoms with Crippen molar-refractivity contribution in [3.63, 3.8) is 0 Å². The van der Waals surface area contributed by atoms with Gasteiger partial charge in [0.1, 0.15) is 18.4 Å². The van der Waals surface area contributed by atoms with Crippen LogP contribution in [0, 0.1) is 5.82 Å². The van der Waals surface area contributed by atoms with Crippen LogP contribution in [0.25, 0.3) is 0 Å². The fourth-order valence-electron chi connectivity index (χ4n) is 4.39. The molecule has 0 aromatic heterocycles. The predicted octanol–water partition coefficient (Wildman–Crippen LogP) is 5.42. The molecular weight excluding hydrogens is 564 g/mol. The van der Waals surface area contributed by atoms with Crippen LogP contribution in [0.3, 0.4) is 0 Å². The molecule has 37 heavy (non-hydrogen) atoms. The third-order valence-electron chi connectivity index (χ3n) is 6.35. The number of carbonyl (C=O) groups is 2. The van der Waals surface area contributed by atoms with Gasteiger partial charge < -0.3 is 10.2 Å². The number of hydrogen-bond acceptors (Lipinski definition) is 4. The molecule has 1 aliphatic carbocycles. The van der Waals surface area contributed by atoms with Crippen molar-refractivity contribution in [2.75, 3.05) is 17.1 Å². The van der Waals surface area contributed by atoms with Crippen molar-refractivity contribution in [2.24, 2.45) is 0 Å². The Hall–Kier alpha value is -2.07. The SMILES string of the molecule is CC[C@@H](C(=O)NC1CCCC1)N(Cc1c(Cl)cccc1Cl)C(=O)CN(c1ccc(F)c(Cl)c1)S(C)(=O)=O. The highest BCUT2D eigenvalue weighted by Crippen LogP contribution is 2.29. The summed E-state index contributed by atoms with van der Waals surface area (Å²) in [5, 5.41) is 3.34. The fourth-order valence-corrected chi connectivity index (χ4v) is 5.93. The van der Waals surface area contributed by atoms with Crippen molar-refractivity contribution >= 4 is 62.3 Å². The van der Waals surface area contributed by atoms with E-state index in [2.05, 4.69) is 5.32 Å². The van der Waals surface area contributed by atoms with Crippen molar-refractivity contribution in [3.8, 4) is 0 Å². The van der Waals surface area contributed by atoms with E-state index in [0.717, 1.165) is 48.4 Å². The van der Waals surface area contributed by atoms with Crippen LogP contribution < -0.4 is 9.62 Å². The van der Waals surface area contributed by atoms with Crippen molar-refractivity contribution in [3.05, 3.63) is 62.8 Å². The van der Waals surface area contributed by atoms with E-state index in [-0.39, 0.29) is 35.6 Å². The normalized spacial score (nSPS) is 14.9. The highest BCUT2D eigenvalue weighted by molar-refractivity contribution is 7.92. The molecule has 12 heteroatoms. The molecule has 1 N–H and O–H groups in total. The maximum Gasteiger partial charge on any atom is 0.244 e. The van der Waals surface area contributed by atoms with Crippen LogP contribution in [0.1, 0.15) is 44.6 Å². The molecule has 1 atom stereocenters.